The summed E-state index contributed by atoms with van der Waals surface area (Å²) in [4.78, 5) is 26.1. The van der Waals surface area contributed by atoms with E-state index in [-0.39, 0.29) is 18.4 Å². The predicted molar refractivity (Wildman–Crippen MR) is 55.9 cm³/mol. The van der Waals surface area contributed by atoms with Crippen molar-refractivity contribution in [1.29, 1.82) is 0 Å². The highest BCUT2D eigenvalue weighted by Gasteiger charge is 2.11. The van der Waals surface area contributed by atoms with Crippen LogP contribution in [-0.2, 0) is 4.79 Å². The van der Waals surface area contributed by atoms with Crippen molar-refractivity contribution < 1.29 is 14.7 Å². The van der Waals surface area contributed by atoms with Gasteiger partial charge in [0.15, 0.2) is 0 Å². The van der Waals surface area contributed by atoms with Crippen LogP contribution in [0, 0.1) is 0 Å². The summed E-state index contributed by atoms with van der Waals surface area (Å²) < 4.78 is 0. The number of rotatable bonds is 5. The Labute approximate surface area is 91.1 Å². The topological polar surface area (TPSA) is 79.3 Å². The smallest absolute Gasteiger partial charge is 0.303 e. The first-order chi connectivity index (χ1) is 7.09. The quantitative estimate of drug-likeness (QED) is 0.791. The molecule has 1 unspecified atom stereocenters. The molecule has 1 heterocycles. The summed E-state index contributed by atoms with van der Waals surface area (Å²) in [6.07, 6.45) is 1.98. The third-order valence-electron chi connectivity index (χ3n) is 1.82. The van der Waals surface area contributed by atoms with Crippen LogP contribution < -0.4 is 5.32 Å². The van der Waals surface area contributed by atoms with Gasteiger partial charge >= 0.3 is 5.97 Å². The van der Waals surface area contributed by atoms with E-state index < -0.39 is 5.97 Å². The highest BCUT2D eigenvalue weighted by molar-refractivity contribution is 7.11. The summed E-state index contributed by atoms with van der Waals surface area (Å²) >= 11 is 1.26. The van der Waals surface area contributed by atoms with Gasteiger partial charge in [-0.05, 0) is 13.3 Å². The number of aromatic nitrogens is 1. The zero-order valence-electron chi connectivity index (χ0n) is 8.27. The van der Waals surface area contributed by atoms with E-state index in [4.69, 9.17) is 5.11 Å². The van der Waals surface area contributed by atoms with Gasteiger partial charge in [-0.15, -0.1) is 11.3 Å². The van der Waals surface area contributed by atoms with Crippen LogP contribution in [0.25, 0.3) is 0 Å². The number of carboxylic acid groups (broad SMARTS) is 1. The minimum absolute atomic E-state index is 0.0597. The Balaban J connectivity index is 2.35. The normalized spacial score (nSPS) is 12.1. The number of carbonyl (C=O) groups is 2. The van der Waals surface area contributed by atoms with Gasteiger partial charge < -0.3 is 10.4 Å². The number of carboxylic acids is 1. The summed E-state index contributed by atoms with van der Waals surface area (Å²) in [5.41, 5.74) is 1.58. The summed E-state index contributed by atoms with van der Waals surface area (Å²) in [7, 11) is 0. The summed E-state index contributed by atoms with van der Waals surface area (Å²) in [6.45, 7) is 1.78. The molecule has 1 amide bonds. The molecule has 0 aromatic carbocycles. The number of hydrogen-bond donors (Lipinski definition) is 2. The van der Waals surface area contributed by atoms with Crippen molar-refractivity contribution >= 4 is 23.2 Å². The standard InChI is InChI=1S/C9H12N2O3S/c1-6(2-3-8(12)13)11-9(14)7-4-10-5-15-7/h4-6H,2-3H2,1H3,(H,11,14)(H,12,13). The molecule has 1 rings (SSSR count). The van der Waals surface area contributed by atoms with Gasteiger partial charge in [0.25, 0.3) is 5.91 Å². The summed E-state index contributed by atoms with van der Waals surface area (Å²) in [5.74, 6) is -1.05. The Morgan fingerprint density at radius 2 is 2.40 bits per heavy atom. The maximum atomic E-state index is 11.5. The van der Waals surface area contributed by atoms with Gasteiger partial charge in [0.05, 0.1) is 11.7 Å². The maximum Gasteiger partial charge on any atom is 0.303 e. The van der Waals surface area contributed by atoms with E-state index in [1.807, 2.05) is 0 Å². The van der Waals surface area contributed by atoms with Crippen LogP contribution in [0.15, 0.2) is 11.7 Å². The number of thiazole rings is 1. The Hall–Kier alpha value is -1.43. The fraction of sp³-hybridized carbons (Fsp3) is 0.444. The van der Waals surface area contributed by atoms with Crippen molar-refractivity contribution in [2.75, 3.05) is 0 Å². The molecule has 2 N–H and O–H groups in total. The van der Waals surface area contributed by atoms with Crippen LogP contribution in [0.1, 0.15) is 29.4 Å². The minimum Gasteiger partial charge on any atom is -0.481 e. The van der Waals surface area contributed by atoms with Crippen LogP contribution in [0.5, 0.6) is 0 Å². The van der Waals surface area contributed by atoms with E-state index in [2.05, 4.69) is 10.3 Å². The van der Waals surface area contributed by atoms with E-state index >= 15 is 0 Å². The predicted octanol–water partition coefficient (Wildman–Crippen LogP) is 1.13. The van der Waals surface area contributed by atoms with Gasteiger partial charge in [-0.2, -0.15) is 0 Å². The van der Waals surface area contributed by atoms with Crippen molar-refractivity contribution in [3.8, 4) is 0 Å². The minimum atomic E-state index is -0.853. The van der Waals surface area contributed by atoms with Gasteiger partial charge in [-0.25, -0.2) is 0 Å². The highest BCUT2D eigenvalue weighted by Crippen LogP contribution is 2.06. The van der Waals surface area contributed by atoms with Crippen LogP contribution in [0.3, 0.4) is 0 Å². The molecule has 5 nitrogen and oxygen atoms in total. The molecule has 1 atom stereocenters. The lowest BCUT2D eigenvalue weighted by molar-refractivity contribution is -0.137. The average Bonchev–Trinajstić information content (AvgIpc) is 2.67. The van der Waals surface area contributed by atoms with Gasteiger partial charge in [0.2, 0.25) is 0 Å². The van der Waals surface area contributed by atoms with Gasteiger partial charge in [0.1, 0.15) is 4.88 Å². The molecule has 0 fully saturated rings. The number of aliphatic carboxylic acids is 1. The molecule has 1 aromatic heterocycles. The third-order valence-corrected chi connectivity index (χ3v) is 2.60. The van der Waals surface area contributed by atoms with Crippen LogP contribution in [0.4, 0.5) is 0 Å². The van der Waals surface area contributed by atoms with Crippen LogP contribution >= 0.6 is 11.3 Å². The molecule has 0 saturated carbocycles. The lowest BCUT2D eigenvalue weighted by Gasteiger charge is -2.11. The largest absolute Gasteiger partial charge is 0.481 e. The number of amides is 1. The molecule has 0 saturated heterocycles. The molecule has 0 radical (unpaired) electrons. The zero-order chi connectivity index (χ0) is 11.3. The third kappa shape index (κ3) is 4.07. The zero-order valence-corrected chi connectivity index (χ0v) is 9.08. The molecule has 0 aliphatic heterocycles. The van der Waals surface area contributed by atoms with E-state index in [1.54, 1.807) is 12.4 Å². The van der Waals surface area contributed by atoms with Crippen molar-refractivity contribution in [3.05, 3.63) is 16.6 Å². The van der Waals surface area contributed by atoms with Crippen LogP contribution in [-0.4, -0.2) is 28.0 Å². The first-order valence-electron chi connectivity index (χ1n) is 4.50. The first-order valence-corrected chi connectivity index (χ1v) is 5.38. The lowest BCUT2D eigenvalue weighted by atomic mass is 10.2. The molecule has 0 spiro atoms. The Morgan fingerprint density at radius 1 is 1.67 bits per heavy atom. The lowest BCUT2D eigenvalue weighted by Crippen LogP contribution is -2.32. The second-order valence-electron chi connectivity index (χ2n) is 3.17. The molecule has 0 aliphatic carbocycles. The van der Waals surface area contributed by atoms with Crippen LogP contribution in [0.2, 0.25) is 0 Å². The van der Waals surface area contributed by atoms with Crippen molar-refractivity contribution in [2.24, 2.45) is 0 Å². The first kappa shape index (κ1) is 11.6. The molecule has 0 aliphatic rings. The monoisotopic (exact) mass is 228 g/mol. The molecule has 6 heteroatoms. The Kier molecular flexibility index (Phi) is 4.23. The van der Waals surface area contributed by atoms with Crippen molar-refractivity contribution in [2.45, 2.75) is 25.8 Å². The van der Waals surface area contributed by atoms with Gasteiger partial charge in [-0.3, -0.25) is 14.6 Å². The Bertz CT molecular complexity index is 337. The molecular weight excluding hydrogens is 216 g/mol. The van der Waals surface area contributed by atoms with Gasteiger partial charge in [0, 0.05) is 12.5 Å². The molecular formula is C9H12N2O3S. The Morgan fingerprint density at radius 3 is 2.93 bits per heavy atom. The number of nitrogens with zero attached hydrogens (tertiary/aromatic N) is 1. The second-order valence-corrected chi connectivity index (χ2v) is 4.06. The molecule has 82 valence electrons. The summed E-state index contributed by atoms with van der Waals surface area (Å²) in [6, 6.07) is -0.143. The number of hydrogen-bond acceptors (Lipinski definition) is 4. The van der Waals surface area contributed by atoms with E-state index in [0.29, 0.717) is 11.3 Å². The maximum absolute atomic E-state index is 11.5. The number of nitrogens with one attached hydrogen (secondary N) is 1. The average molecular weight is 228 g/mol. The van der Waals surface area contributed by atoms with Crippen molar-refractivity contribution in [3.63, 3.8) is 0 Å². The second kappa shape index (κ2) is 5.45. The SMILES string of the molecule is CC(CCC(=O)O)NC(=O)c1cncs1. The van der Waals surface area contributed by atoms with E-state index in [0.717, 1.165) is 0 Å². The number of carbonyl (C=O) groups excluding carboxylic acids is 1. The van der Waals surface area contributed by atoms with Gasteiger partial charge in [-0.1, -0.05) is 0 Å². The van der Waals surface area contributed by atoms with Crippen molar-refractivity contribution in [1.82, 2.24) is 10.3 Å². The fourth-order valence-corrected chi connectivity index (χ4v) is 1.56. The summed E-state index contributed by atoms with van der Waals surface area (Å²) in [5, 5.41) is 11.2. The van der Waals surface area contributed by atoms with E-state index in [9.17, 15) is 9.59 Å². The fourth-order valence-electron chi connectivity index (χ4n) is 1.03. The molecule has 0 bridgehead atoms. The van der Waals surface area contributed by atoms with E-state index in [1.165, 1.54) is 17.5 Å². The molecule has 1 aromatic rings. The highest BCUT2D eigenvalue weighted by atomic mass is 32.1. The molecule has 15 heavy (non-hydrogen) atoms.